The van der Waals surface area contributed by atoms with E-state index in [0.717, 1.165) is 16.7 Å². The van der Waals surface area contributed by atoms with Crippen LogP contribution < -0.4 is 5.32 Å². The Morgan fingerprint density at radius 3 is 2.67 bits per heavy atom. The van der Waals surface area contributed by atoms with Gasteiger partial charge in [0.2, 0.25) is 11.8 Å². The number of amides is 3. The topological polar surface area (TPSA) is 66.5 Å². The number of hydrogen-bond acceptors (Lipinski definition) is 3. The first-order valence-corrected chi connectivity index (χ1v) is 7.25. The Morgan fingerprint density at radius 1 is 1.24 bits per heavy atom. The Balaban J connectivity index is 1.92. The summed E-state index contributed by atoms with van der Waals surface area (Å²) < 4.78 is 0. The molecule has 0 unspecified atom stereocenters. The highest BCUT2D eigenvalue weighted by molar-refractivity contribution is 6.06. The minimum absolute atomic E-state index is 0.0937. The van der Waals surface area contributed by atoms with Gasteiger partial charge in [-0.25, -0.2) is 0 Å². The Bertz CT molecular complexity index is 636. The summed E-state index contributed by atoms with van der Waals surface area (Å²) >= 11 is 0. The van der Waals surface area contributed by atoms with Crippen molar-refractivity contribution in [2.75, 3.05) is 0 Å². The van der Waals surface area contributed by atoms with E-state index in [4.69, 9.17) is 0 Å². The van der Waals surface area contributed by atoms with Gasteiger partial charge in [0, 0.05) is 18.5 Å². The quantitative estimate of drug-likeness (QED) is 0.839. The monoisotopic (exact) mass is 286 g/mol. The predicted molar refractivity (Wildman–Crippen MR) is 76.6 cm³/mol. The summed E-state index contributed by atoms with van der Waals surface area (Å²) in [5.41, 5.74) is 2.72. The first kappa shape index (κ1) is 13.8. The van der Waals surface area contributed by atoms with E-state index in [9.17, 15) is 14.4 Å². The lowest BCUT2D eigenvalue weighted by Crippen LogP contribution is -2.52. The van der Waals surface area contributed by atoms with Gasteiger partial charge in [0.15, 0.2) is 0 Å². The second-order valence-corrected chi connectivity index (χ2v) is 5.94. The van der Waals surface area contributed by atoms with Crippen molar-refractivity contribution in [2.24, 2.45) is 0 Å². The fraction of sp³-hybridized carbons (Fsp3) is 0.438. The van der Waals surface area contributed by atoms with Crippen molar-refractivity contribution in [2.45, 2.75) is 45.2 Å². The minimum Gasteiger partial charge on any atom is -0.322 e. The van der Waals surface area contributed by atoms with Gasteiger partial charge in [0.05, 0.1) is 0 Å². The fourth-order valence-electron chi connectivity index (χ4n) is 3.12. The summed E-state index contributed by atoms with van der Waals surface area (Å²) in [6, 6.07) is 5.32. The number of nitrogens with one attached hydrogen (secondary N) is 1. The smallest absolute Gasteiger partial charge is 0.255 e. The molecule has 0 aromatic heterocycles. The van der Waals surface area contributed by atoms with E-state index in [0.29, 0.717) is 13.0 Å². The molecule has 2 aliphatic rings. The number of carbonyl (C=O) groups is 3. The lowest BCUT2D eigenvalue weighted by molar-refractivity contribution is -0.136. The molecule has 1 aromatic rings. The lowest BCUT2D eigenvalue weighted by Gasteiger charge is -2.29. The normalized spacial score (nSPS) is 21.8. The molecule has 0 aliphatic carbocycles. The predicted octanol–water partition coefficient (Wildman–Crippen LogP) is 1.57. The molecule has 1 atom stereocenters. The molecule has 5 heteroatoms. The lowest BCUT2D eigenvalue weighted by atomic mass is 9.94. The third-order valence-electron chi connectivity index (χ3n) is 4.21. The maximum Gasteiger partial charge on any atom is 0.255 e. The number of rotatable bonds is 2. The molecular formula is C16H18N2O3. The molecule has 1 N–H and O–H groups in total. The third kappa shape index (κ3) is 2.22. The summed E-state index contributed by atoms with van der Waals surface area (Å²) in [7, 11) is 0. The van der Waals surface area contributed by atoms with Crippen molar-refractivity contribution >= 4 is 17.7 Å². The van der Waals surface area contributed by atoms with Crippen LogP contribution >= 0.6 is 0 Å². The van der Waals surface area contributed by atoms with Gasteiger partial charge in [-0.1, -0.05) is 32.0 Å². The standard InChI is InChI=1S/C16H18N2O3/c1-9(2)11-5-3-4-10-8-18(16(21)14(10)11)12-6-7-13(19)17-15(12)20/h3-5,9,12H,6-8H2,1-2H3,(H,17,19,20)/t12-/m0/s1. The van der Waals surface area contributed by atoms with Crippen LogP contribution in [0.3, 0.4) is 0 Å². The van der Waals surface area contributed by atoms with E-state index in [1.807, 2.05) is 18.2 Å². The van der Waals surface area contributed by atoms with E-state index in [1.165, 1.54) is 0 Å². The third-order valence-corrected chi connectivity index (χ3v) is 4.21. The van der Waals surface area contributed by atoms with Crippen molar-refractivity contribution in [3.8, 4) is 0 Å². The Labute approximate surface area is 123 Å². The summed E-state index contributed by atoms with van der Waals surface area (Å²) in [6.45, 7) is 4.55. The van der Waals surface area contributed by atoms with Crippen molar-refractivity contribution in [3.05, 3.63) is 34.9 Å². The number of imide groups is 1. The van der Waals surface area contributed by atoms with Gasteiger partial charge in [-0.3, -0.25) is 19.7 Å². The van der Waals surface area contributed by atoms with E-state index >= 15 is 0 Å². The summed E-state index contributed by atoms with van der Waals surface area (Å²) in [5.74, 6) is -0.462. The number of piperidine rings is 1. The van der Waals surface area contributed by atoms with E-state index in [2.05, 4.69) is 19.2 Å². The van der Waals surface area contributed by atoms with Crippen molar-refractivity contribution in [3.63, 3.8) is 0 Å². The molecule has 5 nitrogen and oxygen atoms in total. The van der Waals surface area contributed by atoms with Crippen molar-refractivity contribution in [1.29, 1.82) is 0 Å². The zero-order valence-corrected chi connectivity index (χ0v) is 12.2. The van der Waals surface area contributed by atoms with Crippen LogP contribution in [-0.4, -0.2) is 28.7 Å². The first-order valence-electron chi connectivity index (χ1n) is 7.25. The van der Waals surface area contributed by atoms with Gasteiger partial charge in [0.1, 0.15) is 6.04 Å². The minimum atomic E-state index is -0.539. The molecule has 110 valence electrons. The molecule has 1 aromatic carbocycles. The fourth-order valence-corrected chi connectivity index (χ4v) is 3.12. The molecule has 2 heterocycles. The van der Waals surface area contributed by atoms with Crippen LogP contribution in [0.1, 0.15) is 54.1 Å². The van der Waals surface area contributed by atoms with Crippen LogP contribution in [0.25, 0.3) is 0 Å². The van der Waals surface area contributed by atoms with Crippen LogP contribution in [0.5, 0.6) is 0 Å². The number of nitrogens with zero attached hydrogens (tertiary/aromatic N) is 1. The summed E-state index contributed by atoms with van der Waals surface area (Å²) in [5, 5.41) is 2.32. The number of carbonyl (C=O) groups excluding carboxylic acids is 3. The summed E-state index contributed by atoms with van der Waals surface area (Å²) in [4.78, 5) is 37.5. The Kier molecular flexibility index (Phi) is 3.27. The average Bonchev–Trinajstić information content (AvgIpc) is 2.76. The summed E-state index contributed by atoms with van der Waals surface area (Å²) in [6.07, 6.45) is 0.689. The SMILES string of the molecule is CC(C)c1cccc2c1C(=O)N([C@H]1CCC(=O)NC1=O)C2. The maximum atomic E-state index is 12.7. The zero-order valence-electron chi connectivity index (χ0n) is 12.2. The number of fused-ring (bicyclic) bond motifs is 1. The van der Waals surface area contributed by atoms with Crippen LogP contribution in [0, 0.1) is 0 Å². The molecular weight excluding hydrogens is 268 g/mol. The second-order valence-electron chi connectivity index (χ2n) is 5.94. The van der Waals surface area contributed by atoms with Gasteiger partial charge in [-0.15, -0.1) is 0 Å². The molecule has 2 aliphatic heterocycles. The number of hydrogen-bond donors (Lipinski definition) is 1. The second kappa shape index (κ2) is 4.98. The average molecular weight is 286 g/mol. The largest absolute Gasteiger partial charge is 0.322 e. The molecule has 3 amide bonds. The van der Waals surface area contributed by atoms with Crippen molar-refractivity contribution < 1.29 is 14.4 Å². The zero-order chi connectivity index (χ0) is 15.1. The molecule has 1 fully saturated rings. The molecule has 3 rings (SSSR count). The maximum absolute atomic E-state index is 12.7. The number of benzene rings is 1. The highest BCUT2D eigenvalue weighted by atomic mass is 16.2. The van der Waals surface area contributed by atoms with Crippen LogP contribution in [-0.2, 0) is 16.1 Å². The Morgan fingerprint density at radius 2 is 2.00 bits per heavy atom. The van der Waals surface area contributed by atoms with E-state index in [1.54, 1.807) is 4.90 Å². The molecule has 21 heavy (non-hydrogen) atoms. The van der Waals surface area contributed by atoms with Gasteiger partial charge >= 0.3 is 0 Å². The molecule has 0 saturated carbocycles. The van der Waals surface area contributed by atoms with E-state index < -0.39 is 6.04 Å². The molecule has 0 spiro atoms. The van der Waals surface area contributed by atoms with Crippen LogP contribution in [0.4, 0.5) is 0 Å². The van der Waals surface area contributed by atoms with Crippen LogP contribution in [0.2, 0.25) is 0 Å². The van der Waals surface area contributed by atoms with E-state index in [-0.39, 0.29) is 30.1 Å². The Hall–Kier alpha value is -2.17. The van der Waals surface area contributed by atoms with Gasteiger partial charge in [-0.05, 0) is 23.5 Å². The highest BCUT2D eigenvalue weighted by Gasteiger charge is 2.40. The van der Waals surface area contributed by atoms with Crippen molar-refractivity contribution in [1.82, 2.24) is 10.2 Å². The van der Waals surface area contributed by atoms with Gasteiger partial charge in [0.25, 0.3) is 5.91 Å². The molecule has 0 radical (unpaired) electrons. The molecule has 1 saturated heterocycles. The molecule has 0 bridgehead atoms. The van der Waals surface area contributed by atoms with Gasteiger partial charge < -0.3 is 4.90 Å². The van der Waals surface area contributed by atoms with Crippen LogP contribution in [0.15, 0.2) is 18.2 Å². The first-order chi connectivity index (χ1) is 9.99. The van der Waals surface area contributed by atoms with Gasteiger partial charge in [-0.2, -0.15) is 0 Å². The highest BCUT2D eigenvalue weighted by Crippen LogP contribution is 2.32.